The number of hydrogen-bond acceptors (Lipinski definition) is 3. The van der Waals surface area contributed by atoms with Crippen LogP contribution in [0.4, 0.5) is 0 Å². The summed E-state index contributed by atoms with van der Waals surface area (Å²) in [5.41, 5.74) is 3.11. The highest BCUT2D eigenvalue weighted by Gasteiger charge is 2.16. The molecule has 0 atom stereocenters. The fraction of sp³-hybridized carbons (Fsp3) is 0.308. The number of carboxylic acids is 1. The Kier molecular flexibility index (Phi) is 3.57. The summed E-state index contributed by atoms with van der Waals surface area (Å²) < 4.78 is 1.65. The molecule has 0 aliphatic rings. The second kappa shape index (κ2) is 5.01. The van der Waals surface area contributed by atoms with E-state index in [9.17, 15) is 4.79 Å². The first-order chi connectivity index (χ1) is 8.95. The summed E-state index contributed by atoms with van der Waals surface area (Å²) in [7, 11) is 0. The topological polar surface area (TPSA) is 68.0 Å². The summed E-state index contributed by atoms with van der Waals surface area (Å²) in [6, 6.07) is 1.38. The maximum absolute atomic E-state index is 10.9. The molecule has 19 heavy (non-hydrogen) atoms. The fourth-order valence-corrected chi connectivity index (χ4v) is 2.34. The smallest absolute Gasteiger partial charge is 0.337 e. The Morgan fingerprint density at radius 1 is 1.47 bits per heavy atom. The lowest BCUT2D eigenvalue weighted by Crippen LogP contribution is -2.06. The Hall–Kier alpha value is -1.88. The van der Waals surface area contributed by atoms with E-state index in [2.05, 4.69) is 17.0 Å². The minimum Gasteiger partial charge on any atom is -0.478 e. The van der Waals surface area contributed by atoms with Crippen molar-refractivity contribution in [1.29, 1.82) is 0 Å². The molecule has 0 bridgehead atoms. The van der Waals surface area contributed by atoms with Gasteiger partial charge in [-0.2, -0.15) is 5.10 Å². The predicted octanol–water partition coefficient (Wildman–Crippen LogP) is 2.80. The molecule has 1 N–H and O–H groups in total. The maximum atomic E-state index is 10.9. The van der Waals surface area contributed by atoms with E-state index in [4.69, 9.17) is 16.7 Å². The standard InChI is InChI=1S/C13H14ClN3O2/c1-4-10-7(2)16-17(8(10)3)12-11(14)5-9(6-15-12)13(18)19/h5-6H,4H2,1-3H3,(H,18,19). The molecular formula is C13H14ClN3O2. The molecule has 0 radical (unpaired) electrons. The molecule has 0 fully saturated rings. The second-order valence-electron chi connectivity index (χ2n) is 4.25. The van der Waals surface area contributed by atoms with Gasteiger partial charge in [0.1, 0.15) is 0 Å². The van der Waals surface area contributed by atoms with E-state index in [1.807, 2.05) is 13.8 Å². The number of carbonyl (C=O) groups is 1. The first kappa shape index (κ1) is 13.5. The van der Waals surface area contributed by atoms with Gasteiger partial charge in [0.05, 0.1) is 16.3 Å². The molecule has 5 nitrogen and oxygen atoms in total. The van der Waals surface area contributed by atoms with E-state index in [0.717, 1.165) is 23.4 Å². The molecule has 0 saturated heterocycles. The number of rotatable bonds is 3. The van der Waals surface area contributed by atoms with Crippen LogP contribution in [0.2, 0.25) is 5.02 Å². The van der Waals surface area contributed by atoms with Crippen molar-refractivity contribution in [2.75, 3.05) is 0 Å². The van der Waals surface area contributed by atoms with Crippen LogP contribution < -0.4 is 0 Å². The van der Waals surface area contributed by atoms with Gasteiger partial charge in [-0.1, -0.05) is 18.5 Å². The summed E-state index contributed by atoms with van der Waals surface area (Å²) in [6.07, 6.45) is 2.16. The van der Waals surface area contributed by atoms with Crippen molar-refractivity contribution in [1.82, 2.24) is 14.8 Å². The Bertz CT molecular complexity index is 650. The van der Waals surface area contributed by atoms with E-state index in [1.54, 1.807) is 4.68 Å². The predicted molar refractivity (Wildman–Crippen MR) is 72.2 cm³/mol. The van der Waals surface area contributed by atoms with Crippen LogP contribution in [0.3, 0.4) is 0 Å². The van der Waals surface area contributed by atoms with E-state index in [1.165, 1.54) is 12.3 Å². The third-order valence-electron chi connectivity index (χ3n) is 3.06. The zero-order valence-corrected chi connectivity index (χ0v) is 11.7. The third kappa shape index (κ3) is 2.33. The second-order valence-corrected chi connectivity index (χ2v) is 4.66. The number of carboxylic acid groups (broad SMARTS) is 1. The quantitative estimate of drug-likeness (QED) is 0.938. The molecule has 2 aromatic rings. The SMILES string of the molecule is CCc1c(C)nn(-c2ncc(C(=O)O)cc2Cl)c1C. The number of hydrogen-bond donors (Lipinski definition) is 1. The number of halogens is 1. The molecule has 2 rings (SSSR count). The zero-order valence-electron chi connectivity index (χ0n) is 10.9. The maximum Gasteiger partial charge on any atom is 0.337 e. The molecule has 0 saturated carbocycles. The highest BCUT2D eigenvalue weighted by atomic mass is 35.5. The van der Waals surface area contributed by atoms with Crippen LogP contribution in [0.5, 0.6) is 0 Å². The van der Waals surface area contributed by atoms with E-state index in [0.29, 0.717) is 5.82 Å². The van der Waals surface area contributed by atoms with Gasteiger partial charge in [0.25, 0.3) is 0 Å². The molecule has 0 unspecified atom stereocenters. The molecule has 2 aromatic heterocycles. The monoisotopic (exact) mass is 279 g/mol. The molecule has 100 valence electrons. The first-order valence-corrected chi connectivity index (χ1v) is 6.27. The van der Waals surface area contributed by atoms with Crippen LogP contribution >= 0.6 is 11.6 Å². The third-order valence-corrected chi connectivity index (χ3v) is 3.34. The Morgan fingerprint density at radius 2 is 2.16 bits per heavy atom. The lowest BCUT2D eigenvalue weighted by Gasteiger charge is -2.06. The average Bonchev–Trinajstić information content (AvgIpc) is 2.64. The largest absolute Gasteiger partial charge is 0.478 e. The molecular weight excluding hydrogens is 266 g/mol. The van der Waals surface area contributed by atoms with Gasteiger partial charge in [-0.25, -0.2) is 14.5 Å². The summed E-state index contributed by atoms with van der Waals surface area (Å²) in [5.74, 6) is -0.601. The number of aryl methyl sites for hydroxylation is 1. The molecule has 2 heterocycles. The summed E-state index contributed by atoms with van der Waals surface area (Å²) >= 11 is 6.10. The molecule has 0 aromatic carbocycles. The first-order valence-electron chi connectivity index (χ1n) is 5.90. The van der Waals surface area contributed by atoms with Crippen LogP contribution in [0.25, 0.3) is 5.82 Å². The van der Waals surface area contributed by atoms with Gasteiger partial charge in [0.15, 0.2) is 5.82 Å². The Balaban J connectivity index is 2.57. The summed E-state index contributed by atoms with van der Waals surface area (Å²) in [6.45, 7) is 5.94. The van der Waals surface area contributed by atoms with E-state index >= 15 is 0 Å². The molecule has 0 aliphatic heterocycles. The highest BCUT2D eigenvalue weighted by Crippen LogP contribution is 2.23. The summed E-state index contributed by atoms with van der Waals surface area (Å²) in [5, 5.41) is 13.6. The lowest BCUT2D eigenvalue weighted by atomic mass is 10.1. The van der Waals surface area contributed by atoms with Gasteiger partial charge < -0.3 is 5.11 Å². The molecule has 6 heteroatoms. The minimum absolute atomic E-state index is 0.0611. The van der Waals surface area contributed by atoms with Crippen molar-refractivity contribution in [2.24, 2.45) is 0 Å². The van der Waals surface area contributed by atoms with Gasteiger partial charge in [-0.15, -0.1) is 0 Å². The number of aromatic carboxylic acids is 1. The lowest BCUT2D eigenvalue weighted by molar-refractivity contribution is 0.0696. The molecule has 0 amide bonds. The fourth-order valence-electron chi connectivity index (χ4n) is 2.10. The number of aromatic nitrogens is 3. The van der Waals surface area contributed by atoms with E-state index < -0.39 is 5.97 Å². The highest BCUT2D eigenvalue weighted by molar-refractivity contribution is 6.32. The van der Waals surface area contributed by atoms with Gasteiger partial charge in [-0.3, -0.25) is 0 Å². The molecule has 0 aliphatic carbocycles. The average molecular weight is 280 g/mol. The van der Waals surface area contributed by atoms with Gasteiger partial charge >= 0.3 is 5.97 Å². The summed E-state index contributed by atoms with van der Waals surface area (Å²) in [4.78, 5) is 15.0. The van der Waals surface area contributed by atoms with Crippen LogP contribution in [-0.4, -0.2) is 25.8 Å². The van der Waals surface area contributed by atoms with Crippen LogP contribution in [-0.2, 0) is 6.42 Å². The molecule has 0 spiro atoms. The Morgan fingerprint density at radius 3 is 2.63 bits per heavy atom. The normalized spacial score (nSPS) is 10.7. The van der Waals surface area contributed by atoms with Crippen molar-refractivity contribution in [3.63, 3.8) is 0 Å². The van der Waals surface area contributed by atoms with Gasteiger partial charge in [0, 0.05) is 11.9 Å². The van der Waals surface area contributed by atoms with Gasteiger partial charge in [-0.05, 0) is 31.9 Å². The number of pyridine rings is 1. The van der Waals surface area contributed by atoms with Gasteiger partial charge in [0.2, 0.25) is 0 Å². The van der Waals surface area contributed by atoms with Crippen LogP contribution in [0, 0.1) is 13.8 Å². The van der Waals surface area contributed by atoms with Crippen molar-refractivity contribution in [2.45, 2.75) is 27.2 Å². The van der Waals surface area contributed by atoms with Crippen LogP contribution in [0.1, 0.15) is 34.2 Å². The zero-order chi connectivity index (χ0) is 14.2. The van der Waals surface area contributed by atoms with Crippen molar-refractivity contribution < 1.29 is 9.90 Å². The van der Waals surface area contributed by atoms with Crippen molar-refractivity contribution in [3.8, 4) is 5.82 Å². The number of nitrogens with zero attached hydrogens (tertiary/aromatic N) is 3. The van der Waals surface area contributed by atoms with Crippen LogP contribution in [0.15, 0.2) is 12.3 Å². The van der Waals surface area contributed by atoms with E-state index in [-0.39, 0.29) is 10.6 Å². The van der Waals surface area contributed by atoms with Crippen molar-refractivity contribution >= 4 is 17.6 Å². The van der Waals surface area contributed by atoms with Crippen molar-refractivity contribution in [3.05, 3.63) is 39.8 Å². The minimum atomic E-state index is -1.05. The Labute approximate surface area is 115 Å².